The van der Waals surface area contributed by atoms with Crippen LogP contribution in [-0.4, -0.2) is 39.3 Å². The molecule has 120 valence electrons. The van der Waals surface area contributed by atoms with Crippen molar-refractivity contribution in [3.05, 3.63) is 12.7 Å². The molecular formula is C16H34O3Sn. The Kier molecular flexibility index (Phi) is 20.5. The zero-order valence-corrected chi connectivity index (χ0v) is 17.8. The zero-order chi connectivity index (χ0) is 17.6. The molecule has 0 aromatic carbocycles. The third kappa shape index (κ3) is 955. The standard InChI is InChI=1S/3C4H9O.C4H7.Sn/c3*1-4(2,3)5;1-3-4-2;/h3*1-3H3;3H,1-2,4H2;/q3*-1;;+3. The maximum absolute atomic E-state index is 10.1. The molecule has 20 heavy (non-hydrogen) atoms. The SMILES string of the molecule is C=CC[CH2][Sn+3].CC(C)(C)[O-].CC(C)(C)[O-].CC(C)(C)[O-]. The fraction of sp³-hybridized carbons (Fsp3) is 0.875. The van der Waals surface area contributed by atoms with E-state index in [1.54, 1.807) is 84.8 Å². The zero-order valence-electron chi connectivity index (χ0n) is 14.9. The molecular weight excluding hydrogens is 359 g/mol. The molecule has 0 unspecified atom stereocenters. The van der Waals surface area contributed by atoms with Crippen LogP contribution in [0.3, 0.4) is 0 Å². The van der Waals surface area contributed by atoms with Crippen LogP contribution in [0.1, 0.15) is 68.7 Å². The average molecular weight is 393 g/mol. The number of hydrogen-bond acceptors (Lipinski definition) is 3. The van der Waals surface area contributed by atoms with Crippen LogP contribution in [0.15, 0.2) is 12.7 Å². The smallest absolute Gasteiger partial charge is 0.0756 e. The van der Waals surface area contributed by atoms with Crippen molar-refractivity contribution < 1.29 is 15.3 Å². The fourth-order valence-corrected chi connectivity index (χ4v) is 0.685. The first-order chi connectivity index (χ1) is 8.41. The first-order valence-corrected chi connectivity index (χ1v) is 8.80. The van der Waals surface area contributed by atoms with E-state index in [-0.39, 0.29) is 0 Å². The van der Waals surface area contributed by atoms with Crippen LogP contribution < -0.4 is 15.3 Å². The average Bonchev–Trinajstić information content (AvgIpc) is 1.94. The van der Waals surface area contributed by atoms with Crippen LogP contribution >= 0.6 is 0 Å². The van der Waals surface area contributed by atoms with Gasteiger partial charge in [0.25, 0.3) is 0 Å². The molecule has 0 aliphatic carbocycles. The van der Waals surface area contributed by atoms with Crippen molar-refractivity contribution in [3.8, 4) is 0 Å². The maximum Gasteiger partial charge on any atom is -0.0756 e. The first kappa shape index (κ1) is 28.6. The second kappa shape index (κ2) is 14.4. The van der Waals surface area contributed by atoms with Crippen LogP contribution in [-0.2, 0) is 0 Å². The van der Waals surface area contributed by atoms with Crippen LogP contribution in [0.25, 0.3) is 0 Å². The molecule has 0 spiro atoms. The maximum atomic E-state index is 10.1. The monoisotopic (exact) mass is 394 g/mol. The van der Waals surface area contributed by atoms with E-state index in [2.05, 4.69) is 6.58 Å². The summed E-state index contributed by atoms with van der Waals surface area (Å²) in [4.78, 5) is 0. The Morgan fingerprint density at radius 3 is 0.900 bits per heavy atom. The first-order valence-electron chi connectivity index (χ1n) is 6.78. The molecule has 0 heterocycles. The predicted octanol–water partition coefficient (Wildman–Crippen LogP) is 1.58. The quantitative estimate of drug-likeness (QED) is 0.529. The van der Waals surface area contributed by atoms with Crippen LogP contribution in [0.4, 0.5) is 0 Å². The topological polar surface area (TPSA) is 69.2 Å². The molecule has 0 fully saturated rings. The molecule has 0 amide bonds. The van der Waals surface area contributed by atoms with Crippen molar-refractivity contribution in [1.29, 1.82) is 0 Å². The minimum Gasteiger partial charge on any atom is -0.850 e. The molecule has 0 atom stereocenters. The Bertz CT molecular complexity index is 149. The van der Waals surface area contributed by atoms with Crippen molar-refractivity contribution in [1.82, 2.24) is 0 Å². The van der Waals surface area contributed by atoms with Crippen LogP contribution in [0, 0.1) is 0 Å². The summed E-state index contributed by atoms with van der Waals surface area (Å²) in [5.74, 6) is 0. The largest absolute Gasteiger partial charge is 0.850 e. The molecule has 0 aromatic heterocycles. The Morgan fingerprint density at radius 2 is 0.900 bits per heavy atom. The van der Waals surface area contributed by atoms with Gasteiger partial charge in [-0.15, -0.1) is 16.8 Å². The van der Waals surface area contributed by atoms with E-state index in [1.807, 2.05) is 6.08 Å². The second-order valence-corrected chi connectivity index (χ2v) is 8.59. The van der Waals surface area contributed by atoms with Crippen molar-refractivity contribution in [2.45, 2.75) is 90.0 Å². The van der Waals surface area contributed by atoms with Gasteiger partial charge in [0.15, 0.2) is 0 Å². The minimum absolute atomic E-state index is 0.750. The van der Waals surface area contributed by atoms with E-state index in [1.165, 1.54) is 10.9 Å². The van der Waals surface area contributed by atoms with Gasteiger partial charge in [0.2, 0.25) is 0 Å². The predicted molar refractivity (Wildman–Crippen MR) is 84.6 cm³/mol. The summed E-state index contributed by atoms with van der Waals surface area (Å²) in [5, 5.41) is 30.3. The molecule has 0 aliphatic rings. The van der Waals surface area contributed by atoms with Crippen molar-refractivity contribution >= 4 is 22.5 Å². The normalized spacial score (nSPS) is 10.9. The molecule has 0 saturated carbocycles. The Morgan fingerprint density at radius 1 is 0.750 bits per heavy atom. The Labute approximate surface area is 140 Å². The van der Waals surface area contributed by atoms with Gasteiger partial charge in [0.1, 0.15) is 0 Å². The van der Waals surface area contributed by atoms with Gasteiger partial charge >= 0.3 is 46.0 Å². The molecule has 0 saturated heterocycles. The van der Waals surface area contributed by atoms with Gasteiger partial charge in [-0.3, -0.25) is 0 Å². The summed E-state index contributed by atoms with van der Waals surface area (Å²) in [5.41, 5.74) is -2.25. The van der Waals surface area contributed by atoms with Gasteiger partial charge in [0.05, 0.1) is 0 Å². The van der Waals surface area contributed by atoms with Gasteiger partial charge in [-0.25, -0.2) is 0 Å². The van der Waals surface area contributed by atoms with Gasteiger partial charge < -0.3 is 15.3 Å². The van der Waals surface area contributed by atoms with Gasteiger partial charge in [0, 0.05) is 0 Å². The summed E-state index contributed by atoms with van der Waals surface area (Å²) in [6.45, 7) is 18.3. The van der Waals surface area contributed by atoms with E-state index < -0.39 is 16.8 Å². The number of hydrogen-bond donors (Lipinski definition) is 0. The van der Waals surface area contributed by atoms with Crippen molar-refractivity contribution in [2.75, 3.05) is 0 Å². The van der Waals surface area contributed by atoms with Crippen molar-refractivity contribution in [3.63, 3.8) is 0 Å². The molecule has 4 heteroatoms. The van der Waals surface area contributed by atoms with Crippen LogP contribution in [0.2, 0.25) is 4.44 Å². The van der Waals surface area contributed by atoms with Crippen molar-refractivity contribution in [2.24, 2.45) is 0 Å². The minimum atomic E-state index is -0.750. The molecule has 0 radical (unpaired) electrons. The molecule has 3 nitrogen and oxygen atoms in total. The van der Waals surface area contributed by atoms with E-state index in [0.717, 1.165) is 0 Å². The number of allylic oxidation sites excluding steroid dienone is 1. The van der Waals surface area contributed by atoms with Gasteiger partial charge in [-0.1, -0.05) is 62.3 Å². The Balaban J connectivity index is -0.0000000853. The van der Waals surface area contributed by atoms with Crippen LogP contribution in [0.5, 0.6) is 0 Å². The summed E-state index contributed by atoms with van der Waals surface area (Å²) in [7, 11) is 0. The van der Waals surface area contributed by atoms with Gasteiger partial charge in [-0.05, 0) is 0 Å². The summed E-state index contributed by atoms with van der Waals surface area (Å²) < 4.78 is 1.32. The molecule has 0 rings (SSSR count). The third-order valence-electron chi connectivity index (χ3n) is 0.348. The molecule has 0 aliphatic heterocycles. The van der Waals surface area contributed by atoms with E-state index in [4.69, 9.17) is 0 Å². The van der Waals surface area contributed by atoms with E-state index >= 15 is 0 Å². The summed E-state index contributed by atoms with van der Waals surface area (Å²) in [6, 6.07) is 0. The molecule has 0 bridgehead atoms. The summed E-state index contributed by atoms with van der Waals surface area (Å²) in [6.07, 6.45) is 3.15. The molecule has 0 aromatic rings. The fourth-order valence-electron chi connectivity index (χ4n) is 0.102. The van der Waals surface area contributed by atoms with E-state index in [0.29, 0.717) is 0 Å². The third-order valence-corrected chi connectivity index (χ3v) is 1.17. The summed E-state index contributed by atoms with van der Waals surface area (Å²) >= 11 is 1.61. The van der Waals surface area contributed by atoms with Gasteiger partial charge in [-0.2, -0.15) is 0 Å². The van der Waals surface area contributed by atoms with E-state index in [9.17, 15) is 15.3 Å². The molecule has 0 N–H and O–H groups in total. The second-order valence-electron chi connectivity index (χ2n) is 7.16. The number of rotatable bonds is 2. The Hall–Kier alpha value is 0.419.